The summed E-state index contributed by atoms with van der Waals surface area (Å²) in [5, 5.41) is 0. The number of hydrogen-bond donors (Lipinski definition) is 0. The first-order valence-electron chi connectivity index (χ1n) is 3.10. The fourth-order valence-corrected chi connectivity index (χ4v) is 0.745. The van der Waals surface area contributed by atoms with E-state index in [2.05, 4.69) is 0 Å². The van der Waals surface area contributed by atoms with E-state index in [1.54, 1.807) is 0 Å². The van der Waals surface area contributed by atoms with Crippen molar-refractivity contribution < 1.29 is 0 Å². The second kappa shape index (κ2) is 8.00. The number of alkyl halides is 1. The summed E-state index contributed by atoms with van der Waals surface area (Å²) in [6, 6.07) is 9.96. The van der Waals surface area contributed by atoms with Crippen molar-refractivity contribution in [1.82, 2.24) is 0 Å². The van der Waals surface area contributed by atoms with Crippen LogP contribution in [0.15, 0.2) is 30.3 Å². The van der Waals surface area contributed by atoms with Crippen LogP contribution in [0.3, 0.4) is 0 Å². The molecule has 0 aliphatic carbocycles. The van der Waals surface area contributed by atoms with Crippen LogP contribution in [-0.2, 0) is 5.88 Å². The van der Waals surface area contributed by atoms with Crippen molar-refractivity contribution in [3.63, 3.8) is 0 Å². The Morgan fingerprint density at radius 1 is 1.00 bits per heavy atom. The summed E-state index contributed by atoms with van der Waals surface area (Å²) in [5.74, 6) is 0.612. The van der Waals surface area contributed by atoms with Crippen LogP contribution in [0.4, 0.5) is 0 Å². The van der Waals surface area contributed by atoms with Crippen LogP contribution in [0.2, 0.25) is 0 Å². The van der Waals surface area contributed by atoms with E-state index >= 15 is 0 Å². The highest BCUT2D eigenvalue weighted by atomic mass is 35.6. The van der Waals surface area contributed by atoms with E-state index in [9.17, 15) is 0 Å². The SMILES string of the molecule is ClCc1ccccc1.Cl[C](Cl)Cl. The molecule has 1 aromatic carbocycles. The first-order chi connectivity index (χ1) is 5.66. The van der Waals surface area contributed by atoms with Crippen LogP contribution in [0, 0.1) is 4.30 Å². The maximum absolute atomic E-state index is 5.53. The lowest BCUT2D eigenvalue weighted by atomic mass is 10.2. The number of hydrogen-bond acceptors (Lipinski definition) is 0. The summed E-state index contributed by atoms with van der Waals surface area (Å²) in [5.41, 5.74) is 1.18. The van der Waals surface area contributed by atoms with E-state index in [-0.39, 0.29) is 4.30 Å². The third kappa shape index (κ3) is 8.48. The molecule has 0 fully saturated rings. The number of rotatable bonds is 1. The fraction of sp³-hybridized carbons (Fsp3) is 0.125. The quantitative estimate of drug-likeness (QED) is 0.635. The van der Waals surface area contributed by atoms with E-state index in [0.29, 0.717) is 5.88 Å². The van der Waals surface area contributed by atoms with E-state index < -0.39 is 0 Å². The van der Waals surface area contributed by atoms with Gasteiger partial charge in [-0.1, -0.05) is 65.1 Å². The molecule has 67 valence electrons. The molecule has 0 N–H and O–H groups in total. The second-order valence-corrected chi connectivity index (χ2v) is 3.82. The molecular formula is C8H7Cl4. The van der Waals surface area contributed by atoms with Gasteiger partial charge in [-0.05, 0) is 5.56 Å². The van der Waals surface area contributed by atoms with Gasteiger partial charge in [-0.3, -0.25) is 0 Å². The number of halogens is 4. The monoisotopic (exact) mass is 243 g/mol. The van der Waals surface area contributed by atoms with Gasteiger partial charge in [-0.2, -0.15) is 0 Å². The summed E-state index contributed by atoms with van der Waals surface area (Å²) >= 11 is 19.7. The molecule has 0 unspecified atom stereocenters. The minimum absolute atomic E-state index is 0.167. The molecule has 1 aromatic rings. The second-order valence-electron chi connectivity index (χ2n) is 1.83. The van der Waals surface area contributed by atoms with Crippen LogP contribution < -0.4 is 0 Å². The molecule has 0 saturated carbocycles. The molecular weight excluding hydrogens is 238 g/mol. The summed E-state index contributed by atoms with van der Waals surface area (Å²) < 4.78 is -0.167. The van der Waals surface area contributed by atoms with Crippen molar-refractivity contribution in [3.8, 4) is 0 Å². The zero-order valence-electron chi connectivity index (χ0n) is 6.11. The van der Waals surface area contributed by atoms with Crippen molar-refractivity contribution in [3.05, 3.63) is 40.2 Å². The minimum atomic E-state index is -0.167. The van der Waals surface area contributed by atoms with Crippen LogP contribution in [0.5, 0.6) is 0 Å². The van der Waals surface area contributed by atoms with Crippen LogP contribution >= 0.6 is 46.4 Å². The van der Waals surface area contributed by atoms with Gasteiger partial charge >= 0.3 is 0 Å². The standard InChI is InChI=1S/C7H7Cl.CCl3/c8-6-7-4-2-1-3-5-7;2-1(3)4/h1-5H,6H2;. The summed E-state index contributed by atoms with van der Waals surface area (Å²) in [4.78, 5) is 0. The zero-order valence-corrected chi connectivity index (χ0v) is 9.13. The maximum Gasteiger partial charge on any atom is 0.236 e. The third-order valence-electron chi connectivity index (χ3n) is 0.997. The van der Waals surface area contributed by atoms with Gasteiger partial charge in [0, 0.05) is 5.88 Å². The van der Waals surface area contributed by atoms with Crippen molar-refractivity contribution in [2.45, 2.75) is 5.88 Å². The summed E-state index contributed by atoms with van der Waals surface area (Å²) in [6.07, 6.45) is 0. The van der Waals surface area contributed by atoms with Crippen molar-refractivity contribution in [2.24, 2.45) is 0 Å². The van der Waals surface area contributed by atoms with Gasteiger partial charge in [0.25, 0.3) is 0 Å². The largest absolute Gasteiger partial charge is 0.236 e. The van der Waals surface area contributed by atoms with Gasteiger partial charge in [0.15, 0.2) is 0 Å². The summed E-state index contributed by atoms with van der Waals surface area (Å²) in [6.45, 7) is 0. The van der Waals surface area contributed by atoms with Gasteiger partial charge in [0.05, 0.1) is 0 Å². The van der Waals surface area contributed by atoms with Gasteiger partial charge in [-0.15, -0.1) is 11.6 Å². The van der Waals surface area contributed by atoms with Crippen molar-refractivity contribution >= 4 is 46.4 Å². The predicted molar refractivity (Wildman–Crippen MR) is 56.8 cm³/mol. The third-order valence-corrected chi connectivity index (χ3v) is 1.31. The Kier molecular flexibility index (Phi) is 8.25. The molecule has 0 heterocycles. The first-order valence-corrected chi connectivity index (χ1v) is 4.77. The molecule has 0 amide bonds. The van der Waals surface area contributed by atoms with Crippen LogP contribution in [0.1, 0.15) is 5.56 Å². The van der Waals surface area contributed by atoms with Crippen molar-refractivity contribution in [2.75, 3.05) is 0 Å². The Bertz CT molecular complexity index is 183. The smallest absolute Gasteiger partial charge is 0.122 e. The maximum atomic E-state index is 5.53. The molecule has 4 heteroatoms. The molecule has 0 aliphatic rings. The molecule has 1 rings (SSSR count). The highest BCUT2D eigenvalue weighted by Crippen LogP contribution is 2.15. The van der Waals surface area contributed by atoms with E-state index in [1.165, 1.54) is 5.56 Å². The van der Waals surface area contributed by atoms with Gasteiger partial charge in [-0.25, -0.2) is 0 Å². The lowest BCUT2D eigenvalue weighted by Crippen LogP contribution is -1.71. The Morgan fingerprint density at radius 3 is 1.67 bits per heavy atom. The Hall–Kier alpha value is 0.380. The van der Waals surface area contributed by atoms with Gasteiger partial charge in [0.2, 0.25) is 4.30 Å². The zero-order chi connectivity index (χ0) is 9.40. The average Bonchev–Trinajstić information content (AvgIpc) is 2.05. The molecule has 0 aromatic heterocycles. The lowest BCUT2D eigenvalue weighted by Gasteiger charge is -1.88. The van der Waals surface area contributed by atoms with Crippen LogP contribution in [-0.4, -0.2) is 0 Å². The fourth-order valence-electron chi connectivity index (χ4n) is 0.567. The highest BCUT2D eigenvalue weighted by molar-refractivity contribution is 6.72. The van der Waals surface area contributed by atoms with E-state index in [4.69, 9.17) is 46.4 Å². The molecule has 0 spiro atoms. The van der Waals surface area contributed by atoms with Gasteiger partial charge < -0.3 is 0 Å². The Balaban J connectivity index is 0.000000261. The summed E-state index contributed by atoms with van der Waals surface area (Å²) in [7, 11) is 0. The van der Waals surface area contributed by atoms with E-state index in [1.807, 2.05) is 30.3 Å². The number of benzene rings is 1. The topological polar surface area (TPSA) is 0 Å². The molecule has 0 saturated heterocycles. The Labute approximate surface area is 92.4 Å². The first kappa shape index (κ1) is 12.4. The molecule has 0 bridgehead atoms. The van der Waals surface area contributed by atoms with Crippen LogP contribution in [0.25, 0.3) is 0 Å². The molecule has 0 nitrogen and oxygen atoms in total. The molecule has 12 heavy (non-hydrogen) atoms. The predicted octanol–water partition coefficient (Wildman–Crippen LogP) is 4.58. The minimum Gasteiger partial charge on any atom is -0.122 e. The molecule has 0 aliphatic heterocycles. The highest BCUT2D eigenvalue weighted by Gasteiger charge is 1.82. The normalized spacial score (nSPS) is 9.08. The lowest BCUT2D eigenvalue weighted by molar-refractivity contribution is 1.41. The van der Waals surface area contributed by atoms with Gasteiger partial charge in [0.1, 0.15) is 0 Å². The molecule has 1 radical (unpaired) electrons. The Morgan fingerprint density at radius 2 is 1.42 bits per heavy atom. The van der Waals surface area contributed by atoms with Crippen molar-refractivity contribution in [1.29, 1.82) is 0 Å². The molecule has 0 atom stereocenters. The average molecular weight is 245 g/mol. The van der Waals surface area contributed by atoms with E-state index in [0.717, 1.165) is 0 Å².